The van der Waals surface area contributed by atoms with Gasteiger partial charge in [0.25, 0.3) is 10.0 Å². The average Bonchev–Trinajstić information content (AvgIpc) is 2.57. The molecular formula is C19H23N3O2S. The van der Waals surface area contributed by atoms with Crippen molar-refractivity contribution in [2.75, 3.05) is 23.9 Å². The lowest BCUT2D eigenvalue weighted by Gasteiger charge is -2.47. The molecule has 0 N–H and O–H groups in total. The van der Waals surface area contributed by atoms with Crippen LogP contribution in [-0.2, 0) is 10.0 Å². The van der Waals surface area contributed by atoms with Crippen LogP contribution in [0.15, 0.2) is 57.8 Å². The Morgan fingerprint density at radius 2 is 1.48 bits per heavy atom. The van der Waals surface area contributed by atoms with E-state index < -0.39 is 15.6 Å². The molecule has 0 spiro atoms. The van der Waals surface area contributed by atoms with Crippen LogP contribution in [0.4, 0.5) is 11.4 Å². The number of hydrogen-bond acceptors (Lipinski definition) is 3. The molecule has 0 saturated carbocycles. The summed E-state index contributed by atoms with van der Waals surface area (Å²) in [5, 5.41) is 0. The molecule has 0 saturated heterocycles. The molecule has 5 nitrogen and oxygen atoms in total. The lowest BCUT2D eigenvalue weighted by Crippen LogP contribution is -2.58. The second kappa shape index (κ2) is 5.88. The molecule has 2 aromatic rings. The highest BCUT2D eigenvalue weighted by Crippen LogP contribution is 2.39. The minimum Gasteiger partial charge on any atom is -0.361 e. The highest BCUT2D eigenvalue weighted by atomic mass is 32.2. The van der Waals surface area contributed by atoms with Gasteiger partial charge in [-0.3, -0.25) is 0 Å². The van der Waals surface area contributed by atoms with Crippen LogP contribution in [-0.4, -0.2) is 33.9 Å². The van der Waals surface area contributed by atoms with E-state index >= 15 is 0 Å². The molecular weight excluding hydrogens is 334 g/mol. The molecule has 1 heterocycles. The first-order valence-corrected chi connectivity index (χ1v) is 9.57. The number of anilines is 2. The smallest absolute Gasteiger partial charge is 0.284 e. The third kappa shape index (κ3) is 2.91. The third-order valence-electron chi connectivity index (χ3n) is 4.83. The third-order valence-corrected chi connectivity index (χ3v) is 6.11. The first-order valence-electron chi connectivity index (χ1n) is 8.13. The average molecular weight is 357 g/mol. The maximum absolute atomic E-state index is 12.8. The van der Waals surface area contributed by atoms with Crippen LogP contribution < -0.4 is 9.80 Å². The largest absolute Gasteiger partial charge is 0.361 e. The van der Waals surface area contributed by atoms with Crippen LogP contribution in [0.5, 0.6) is 0 Å². The minimum atomic E-state index is -3.79. The quantitative estimate of drug-likeness (QED) is 0.826. The molecule has 1 aliphatic heterocycles. The minimum absolute atomic E-state index is 0.205. The second-order valence-electron chi connectivity index (χ2n) is 6.87. The molecule has 0 aliphatic carbocycles. The molecule has 6 heteroatoms. The van der Waals surface area contributed by atoms with Crippen LogP contribution in [0.3, 0.4) is 0 Å². The van der Waals surface area contributed by atoms with Crippen molar-refractivity contribution in [3.8, 4) is 0 Å². The zero-order valence-electron chi connectivity index (χ0n) is 15.2. The zero-order valence-corrected chi connectivity index (χ0v) is 16.0. The molecule has 0 radical (unpaired) electrons. The van der Waals surface area contributed by atoms with Gasteiger partial charge < -0.3 is 9.80 Å². The van der Waals surface area contributed by atoms with Crippen LogP contribution in [0.1, 0.15) is 19.4 Å². The van der Waals surface area contributed by atoms with E-state index in [1.165, 1.54) is 0 Å². The fraction of sp³-hybridized carbons (Fsp3) is 0.316. The number of benzene rings is 2. The first kappa shape index (κ1) is 17.5. The van der Waals surface area contributed by atoms with Crippen LogP contribution in [0, 0.1) is 6.92 Å². The van der Waals surface area contributed by atoms with E-state index in [1.54, 1.807) is 24.3 Å². The number of likely N-dealkylation sites (N-methyl/N-ethyl adjacent to an activating group) is 2. The number of fused-ring (bicyclic) bond motifs is 1. The van der Waals surface area contributed by atoms with Gasteiger partial charge in [-0.15, -0.1) is 4.40 Å². The van der Waals surface area contributed by atoms with Gasteiger partial charge in [0.2, 0.25) is 0 Å². The van der Waals surface area contributed by atoms with E-state index in [0.717, 1.165) is 16.9 Å². The lowest BCUT2D eigenvalue weighted by molar-refractivity contribution is 0.592. The molecule has 0 unspecified atom stereocenters. The summed E-state index contributed by atoms with van der Waals surface area (Å²) in [6, 6.07) is 14.7. The summed E-state index contributed by atoms with van der Waals surface area (Å²) in [6.07, 6.45) is 0. The van der Waals surface area contributed by atoms with Crippen molar-refractivity contribution in [1.82, 2.24) is 0 Å². The monoisotopic (exact) mass is 357 g/mol. The summed E-state index contributed by atoms with van der Waals surface area (Å²) in [4.78, 5) is 4.13. The molecule has 132 valence electrons. The number of para-hydroxylation sites is 2. The van der Waals surface area contributed by atoms with Crippen molar-refractivity contribution >= 4 is 27.2 Å². The SMILES string of the molecule is Cc1ccc(S(=O)(=O)N=C2N(C)c3ccccc3N(C)C2(C)C)cc1. The number of rotatable bonds is 2. The predicted molar refractivity (Wildman–Crippen MR) is 103 cm³/mol. The normalized spacial score (nSPS) is 18.4. The summed E-state index contributed by atoms with van der Waals surface area (Å²) < 4.78 is 29.9. The van der Waals surface area contributed by atoms with Crippen LogP contribution in [0.25, 0.3) is 0 Å². The highest BCUT2D eigenvalue weighted by Gasteiger charge is 2.40. The topological polar surface area (TPSA) is 53.0 Å². The number of amidine groups is 1. The van der Waals surface area contributed by atoms with Gasteiger partial charge in [-0.05, 0) is 45.0 Å². The second-order valence-corrected chi connectivity index (χ2v) is 8.47. The lowest BCUT2D eigenvalue weighted by atomic mass is 9.95. The van der Waals surface area contributed by atoms with E-state index in [0.29, 0.717) is 5.84 Å². The van der Waals surface area contributed by atoms with Crippen molar-refractivity contribution in [3.63, 3.8) is 0 Å². The maximum Gasteiger partial charge on any atom is 0.284 e. The van der Waals surface area contributed by atoms with Crippen molar-refractivity contribution in [1.29, 1.82) is 0 Å². The molecule has 0 aromatic heterocycles. The Kier molecular flexibility index (Phi) is 4.11. The summed E-state index contributed by atoms with van der Waals surface area (Å²) in [5.41, 5.74) is 2.42. The van der Waals surface area contributed by atoms with Crippen molar-refractivity contribution in [3.05, 3.63) is 54.1 Å². The van der Waals surface area contributed by atoms with Gasteiger partial charge in [0, 0.05) is 14.1 Å². The maximum atomic E-state index is 12.8. The Bertz CT molecular complexity index is 931. The Morgan fingerprint density at radius 3 is 2.08 bits per heavy atom. The summed E-state index contributed by atoms with van der Waals surface area (Å²) in [5.74, 6) is 0.495. The Labute approximate surface area is 149 Å². The van der Waals surface area contributed by atoms with Crippen molar-refractivity contribution in [2.24, 2.45) is 4.40 Å². The van der Waals surface area contributed by atoms with E-state index in [9.17, 15) is 8.42 Å². The molecule has 3 rings (SSSR count). The van der Waals surface area contributed by atoms with Gasteiger partial charge in [-0.1, -0.05) is 29.8 Å². The van der Waals surface area contributed by atoms with Crippen LogP contribution in [0.2, 0.25) is 0 Å². The predicted octanol–water partition coefficient (Wildman–Crippen LogP) is 3.45. The number of hydrogen-bond donors (Lipinski definition) is 0. The van der Waals surface area contributed by atoms with Crippen molar-refractivity contribution < 1.29 is 8.42 Å². The Balaban J connectivity index is 2.15. The van der Waals surface area contributed by atoms with E-state index in [-0.39, 0.29) is 4.90 Å². The first-order chi connectivity index (χ1) is 11.6. The summed E-state index contributed by atoms with van der Waals surface area (Å²) in [6.45, 7) is 5.87. The Hall–Kier alpha value is -2.34. The van der Waals surface area contributed by atoms with Crippen molar-refractivity contribution in [2.45, 2.75) is 31.2 Å². The molecule has 25 heavy (non-hydrogen) atoms. The fourth-order valence-electron chi connectivity index (χ4n) is 3.06. The standard InChI is InChI=1S/C19H23N3O2S/c1-14-10-12-15(13-11-14)25(23,24)20-18-19(2,3)22(5)17-9-7-6-8-16(17)21(18)4/h6-13H,1-5H3. The summed E-state index contributed by atoms with van der Waals surface area (Å²) >= 11 is 0. The van der Waals surface area contributed by atoms with E-state index in [1.807, 2.05) is 64.0 Å². The molecule has 0 amide bonds. The van der Waals surface area contributed by atoms with Gasteiger partial charge in [0.15, 0.2) is 0 Å². The number of sulfonamides is 1. The summed E-state index contributed by atoms with van der Waals surface area (Å²) in [7, 11) is 0.0294. The van der Waals surface area contributed by atoms with Crippen LogP contribution >= 0.6 is 0 Å². The molecule has 0 bridgehead atoms. The van der Waals surface area contributed by atoms with E-state index in [2.05, 4.69) is 9.30 Å². The van der Waals surface area contributed by atoms with Gasteiger partial charge in [0.1, 0.15) is 5.84 Å². The fourth-order valence-corrected chi connectivity index (χ4v) is 4.22. The van der Waals surface area contributed by atoms with Gasteiger partial charge in [-0.25, -0.2) is 0 Å². The molecule has 0 fully saturated rings. The van der Waals surface area contributed by atoms with Gasteiger partial charge in [-0.2, -0.15) is 8.42 Å². The van der Waals surface area contributed by atoms with Gasteiger partial charge >= 0.3 is 0 Å². The molecule has 0 atom stereocenters. The molecule has 2 aromatic carbocycles. The number of aryl methyl sites for hydroxylation is 1. The van der Waals surface area contributed by atoms with Gasteiger partial charge in [0.05, 0.1) is 21.8 Å². The highest BCUT2D eigenvalue weighted by molar-refractivity contribution is 7.90. The Morgan fingerprint density at radius 1 is 0.920 bits per heavy atom. The zero-order chi connectivity index (χ0) is 18.4. The van der Waals surface area contributed by atoms with E-state index in [4.69, 9.17) is 0 Å². The molecule has 1 aliphatic rings. The number of nitrogens with zero attached hydrogens (tertiary/aromatic N) is 3.